The van der Waals surface area contributed by atoms with Gasteiger partial charge >= 0.3 is 5.97 Å². The summed E-state index contributed by atoms with van der Waals surface area (Å²) in [5.41, 5.74) is 0. The molecule has 0 radical (unpaired) electrons. The zero-order valence-electron chi connectivity index (χ0n) is 10.5. The Labute approximate surface area is 112 Å². The molecule has 0 bridgehead atoms. The fraction of sp³-hybridized carbons (Fsp3) is 0.769. The zero-order chi connectivity index (χ0) is 12.3. The molecule has 98 valence electrons. The lowest BCUT2D eigenvalue weighted by molar-refractivity contribution is -0.142. The van der Waals surface area contributed by atoms with Crippen LogP contribution in [0, 0.1) is 0 Å². The van der Waals surface area contributed by atoms with Gasteiger partial charge in [-0.1, -0.05) is 73.1 Å². The second-order valence-electron chi connectivity index (χ2n) is 4.23. The quantitative estimate of drug-likeness (QED) is 0.350. The molecule has 0 aromatic heterocycles. The molecule has 4 heteroatoms. The first-order valence-electron chi connectivity index (χ1n) is 6.50. The SMILES string of the molecule is CCCCCCCCCOC(=O)C1C=CSS1. The van der Waals surface area contributed by atoms with E-state index in [9.17, 15) is 4.79 Å². The van der Waals surface area contributed by atoms with Gasteiger partial charge in [-0.3, -0.25) is 4.79 Å². The molecular weight excluding hydrogens is 252 g/mol. The Hall–Kier alpha value is -0.0900. The zero-order valence-corrected chi connectivity index (χ0v) is 12.2. The summed E-state index contributed by atoms with van der Waals surface area (Å²) < 4.78 is 5.23. The first-order chi connectivity index (χ1) is 8.34. The fourth-order valence-corrected chi connectivity index (χ4v) is 3.63. The summed E-state index contributed by atoms with van der Waals surface area (Å²) in [6, 6.07) is 0. The molecule has 1 aliphatic heterocycles. The lowest BCUT2D eigenvalue weighted by Crippen LogP contribution is -2.16. The molecule has 17 heavy (non-hydrogen) atoms. The summed E-state index contributed by atoms with van der Waals surface area (Å²) in [6.45, 7) is 2.81. The van der Waals surface area contributed by atoms with E-state index in [-0.39, 0.29) is 11.2 Å². The lowest BCUT2D eigenvalue weighted by atomic mass is 10.1. The first kappa shape index (κ1) is 15.0. The average Bonchev–Trinajstić information content (AvgIpc) is 2.86. The molecule has 1 heterocycles. The molecular formula is C13H22O2S2. The van der Waals surface area contributed by atoms with E-state index in [1.54, 1.807) is 21.6 Å². The topological polar surface area (TPSA) is 26.3 Å². The van der Waals surface area contributed by atoms with Gasteiger partial charge in [-0.2, -0.15) is 0 Å². The van der Waals surface area contributed by atoms with E-state index < -0.39 is 0 Å². The van der Waals surface area contributed by atoms with Crippen LogP contribution in [0.1, 0.15) is 51.9 Å². The summed E-state index contributed by atoms with van der Waals surface area (Å²) in [5.74, 6) is -0.0813. The maximum Gasteiger partial charge on any atom is 0.323 e. The number of hydrogen-bond acceptors (Lipinski definition) is 4. The van der Waals surface area contributed by atoms with Gasteiger partial charge < -0.3 is 4.74 Å². The summed E-state index contributed by atoms with van der Waals surface area (Å²) in [6.07, 6.45) is 10.7. The van der Waals surface area contributed by atoms with Crippen molar-refractivity contribution in [3.05, 3.63) is 11.5 Å². The van der Waals surface area contributed by atoms with E-state index >= 15 is 0 Å². The number of carbonyl (C=O) groups is 1. The van der Waals surface area contributed by atoms with E-state index in [1.807, 2.05) is 11.5 Å². The first-order valence-corrected chi connectivity index (χ1v) is 8.77. The molecule has 0 aromatic carbocycles. The van der Waals surface area contributed by atoms with E-state index in [2.05, 4.69) is 6.92 Å². The van der Waals surface area contributed by atoms with Crippen LogP contribution in [0.3, 0.4) is 0 Å². The minimum absolute atomic E-state index is 0.0791. The van der Waals surface area contributed by atoms with Gasteiger partial charge in [-0.25, -0.2) is 0 Å². The number of hydrogen-bond donors (Lipinski definition) is 0. The van der Waals surface area contributed by atoms with Crippen LogP contribution in [0.2, 0.25) is 0 Å². The Kier molecular flexibility index (Phi) is 8.71. The van der Waals surface area contributed by atoms with E-state index in [1.165, 1.54) is 38.5 Å². The van der Waals surface area contributed by atoms with Crippen molar-refractivity contribution in [3.8, 4) is 0 Å². The van der Waals surface area contributed by atoms with Gasteiger partial charge in [0.2, 0.25) is 0 Å². The molecule has 0 amide bonds. The molecule has 2 nitrogen and oxygen atoms in total. The minimum Gasteiger partial charge on any atom is -0.465 e. The predicted molar refractivity (Wildman–Crippen MR) is 77.1 cm³/mol. The van der Waals surface area contributed by atoms with E-state index in [0.29, 0.717) is 6.61 Å². The lowest BCUT2D eigenvalue weighted by Gasteiger charge is -2.07. The molecule has 0 saturated carbocycles. The maximum absolute atomic E-state index is 11.5. The summed E-state index contributed by atoms with van der Waals surface area (Å²) in [4.78, 5) is 11.5. The molecule has 0 aliphatic carbocycles. The fourth-order valence-electron chi connectivity index (χ4n) is 1.66. The van der Waals surface area contributed by atoms with Gasteiger partial charge in [0.15, 0.2) is 0 Å². The highest BCUT2D eigenvalue weighted by Gasteiger charge is 2.20. The van der Waals surface area contributed by atoms with E-state index in [4.69, 9.17) is 4.74 Å². The van der Waals surface area contributed by atoms with Gasteiger partial charge in [0, 0.05) is 0 Å². The van der Waals surface area contributed by atoms with Crippen LogP contribution in [-0.2, 0) is 9.53 Å². The van der Waals surface area contributed by atoms with Crippen LogP contribution in [0.5, 0.6) is 0 Å². The van der Waals surface area contributed by atoms with Crippen molar-refractivity contribution in [2.24, 2.45) is 0 Å². The van der Waals surface area contributed by atoms with E-state index in [0.717, 1.165) is 6.42 Å². The van der Waals surface area contributed by atoms with Crippen LogP contribution in [0.15, 0.2) is 11.5 Å². The summed E-state index contributed by atoms with van der Waals surface area (Å²) in [7, 11) is 3.16. The number of esters is 1. The number of ether oxygens (including phenoxy) is 1. The molecule has 1 unspecified atom stereocenters. The molecule has 1 rings (SSSR count). The summed E-state index contributed by atoms with van der Waals surface area (Å²) in [5, 5.41) is 1.87. The molecule has 0 aromatic rings. The standard InChI is InChI=1S/C13H22O2S2/c1-2-3-4-5-6-7-8-10-15-13(14)12-9-11-16-17-12/h9,11-12H,2-8,10H2,1H3. The average molecular weight is 274 g/mol. The predicted octanol–water partition coefficient (Wildman–Crippen LogP) is 4.56. The van der Waals surface area contributed by atoms with Crippen molar-refractivity contribution >= 4 is 27.6 Å². The highest BCUT2D eigenvalue weighted by molar-refractivity contribution is 8.78. The second kappa shape index (κ2) is 9.89. The molecule has 0 fully saturated rings. The Morgan fingerprint density at radius 1 is 1.18 bits per heavy atom. The third-order valence-corrected chi connectivity index (χ3v) is 4.92. The van der Waals surface area contributed by atoms with Gasteiger partial charge in [-0.15, -0.1) is 0 Å². The Balaban J connectivity index is 1.86. The van der Waals surface area contributed by atoms with Gasteiger partial charge in [-0.05, 0) is 11.8 Å². The molecule has 1 aliphatic rings. The Morgan fingerprint density at radius 3 is 2.53 bits per heavy atom. The molecule has 0 N–H and O–H groups in total. The molecule has 0 saturated heterocycles. The Morgan fingerprint density at radius 2 is 1.88 bits per heavy atom. The monoisotopic (exact) mass is 274 g/mol. The van der Waals surface area contributed by atoms with Crippen LogP contribution in [0.25, 0.3) is 0 Å². The summed E-state index contributed by atoms with van der Waals surface area (Å²) >= 11 is 0. The van der Waals surface area contributed by atoms with Crippen LogP contribution in [0.4, 0.5) is 0 Å². The van der Waals surface area contributed by atoms with Crippen molar-refractivity contribution in [2.45, 2.75) is 57.1 Å². The van der Waals surface area contributed by atoms with Gasteiger partial charge in [0.1, 0.15) is 5.25 Å². The van der Waals surface area contributed by atoms with Crippen molar-refractivity contribution < 1.29 is 9.53 Å². The highest BCUT2D eigenvalue weighted by atomic mass is 33.1. The van der Waals surface area contributed by atoms with Gasteiger partial charge in [0.25, 0.3) is 0 Å². The number of rotatable bonds is 9. The smallest absolute Gasteiger partial charge is 0.323 e. The maximum atomic E-state index is 11.5. The normalized spacial score (nSPS) is 18.5. The van der Waals surface area contributed by atoms with Crippen LogP contribution in [-0.4, -0.2) is 17.8 Å². The highest BCUT2D eigenvalue weighted by Crippen LogP contribution is 2.35. The Bertz CT molecular complexity index is 242. The third kappa shape index (κ3) is 7.04. The second-order valence-corrected chi connectivity index (χ2v) is 6.55. The number of unbranched alkanes of at least 4 members (excludes halogenated alkanes) is 6. The van der Waals surface area contributed by atoms with Gasteiger partial charge in [0.05, 0.1) is 6.61 Å². The largest absolute Gasteiger partial charge is 0.465 e. The molecule has 1 atom stereocenters. The molecule has 0 spiro atoms. The van der Waals surface area contributed by atoms with Crippen molar-refractivity contribution in [1.29, 1.82) is 0 Å². The van der Waals surface area contributed by atoms with Crippen LogP contribution >= 0.6 is 21.6 Å². The van der Waals surface area contributed by atoms with Crippen molar-refractivity contribution in [2.75, 3.05) is 6.61 Å². The van der Waals surface area contributed by atoms with Crippen molar-refractivity contribution in [3.63, 3.8) is 0 Å². The third-order valence-electron chi connectivity index (χ3n) is 2.69. The van der Waals surface area contributed by atoms with Crippen molar-refractivity contribution in [1.82, 2.24) is 0 Å². The number of carbonyl (C=O) groups excluding carboxylic acids is 1. The minimum atomic E-state index is -0.0813. The van der Waals surface area contributed by atoms with Crippen LogP contribution < -0.4 is 0 Å².